The molecule has 4 rings (SSSR count). The van der Waals surface area contributed by atoms with Crippen LogP contribution in [0.1, 0.15) is 26.4 Å². The van der Waals surface area contributed by atoms with Crippen molar-refractivity contribution in [1.82, 2.24) is 10.4 Å². The molecule has 0 bridgehead atoms. The van der Waals surface area contributed by atoms with Crippen molar-refractivity contribution in [2.24, 2.45) is 5.10 Å². The second-order valence-electron chi connectivity index (χ2n) is 7.18. The first-order valence-corrected chi connectivity index (χ1v) is 10.9. The molecule has 0 aliphatic carbocycles. The number of hydrazone groups is 1. The van der Waals surface area contributed by atoms with Crippen molar-refractivity contribution in [2.75, 3.05) is 14.2 Å². The van der Waals surface area contributed by atoms with Gasteiger partial charge in [0.05, 0.1) is 32.0 Å². The number of rotatable bonds is 7. The number of ether oxygens (including phenoxy) is 2. The highest BCUT2D eigenvalue weighted by molar-refractivity contribution is 9.10. The minimum absolute atomic E-state index is 0.00494. The second kappa shape index (κ2) is 9.80. The molecule has 9 heteroatoms. The van der Waals surface area contributed by atoms with Gasteiger partial charge in [0.2, 0.25) is 0 Å². The molecule has 0 aliphatic heterocycles. The van der Waals surface area contributed by atoms with Crippen molar-refractivity contribution in [1.29, 1.82) is 0 Å². The maximum atomic E-state index is 13.1. The fourth-order valence-electron chi connectivity index (χ4n) is 3.72. The third kappa shape index (κ3) is 4.38. The molecule has 1 aromatic heterocycles. The molecule has 34 heavy (non-hydrogen) atoms. The van der Waals surface area contributed by atoms with Gasteiger partial charge in [0.1, 0.15) is 5.69 Å². The van der Waals surface area contributed by atoms with E-state index < -0.39 is 11.9 Å². The van der Waals surface area contributed by atoms with Crippen LogP contribution in [-0.2, 0) is 0 Å². The molecule has 0 fully saturated rings. The number of hydrogen-bond acceptors (Lipinski definition) is 6. The predicted molar refractivity (Wildman–Crippen MR) is 130 cm³/mol. The molecule has 0 atom stereocenters. The Kier molecular flexibility index (Phi) is 6.65. The van der Waals surface area contributed by atoms with Crippen molar-refractivity contribution in [3.63, 3.8) is 0 Å². The van der Waals surface area contributed by atoms with E-state index in [1.54, 1.807) is 0 Å². The van der Waals surface area contributed by atoms with Gasteiger partial charge in [-0.15, -0.1) is 0 Å². The normalized spacial score (nSPS) is 11.0. The van der Waals surface area contributed by atoms with Crippen LogP contribution in [0.4, 0.5) is 0 Å². The van der Waals surface area contributed by atoms with Gasteiger partial charge < -0.3 is 24.4 Å². The number of aromatic carboxylic acids is 1. The van der Waals surface area contributed by atoms with Gasteiger partial charge in [-0.2, -0.15) is 5.10 Å². The fraction of sp³-hybridized carbons (Fsp3) is 0.0800. The molecule has 1 heterocycles. The summed E-state index contributed by atoms with van der Waals surface area (Å²) in [6.07, 6.45) is 1.21. The summed E-state index contributed by atoms with van der Waals surface area (Å²) >= 11 is 3.48. The number of nitrogens with one attached hydrogen (secondary N) is 2. The number of amides is 1. The highest BCUT2D eigenvalue weighted by Gasteiger charge is 2.20. The fourth-order valence-corrected chi connectivity index (χ4v) is 4.08. The Balaban J connectivity index is 1.70. The highest BCUT2D eigenvalue weighted by Crippen LogP contribution is 2.34. The molecule has 0 radical (unpaired) electrons. The van der Waals surface area contributed by atoms with E-state index >= 15 is 0 Å². The summed E-state index contributed by atoms with van der Waals surface area (Å²) in [5.74, 6) is -1.71. The summed E-state index contributed by atoms with van der Waals surface area (Å²) < 4.78 is 11.2. The largest absolute Gasteiger partial charge is 0.545 e. The maximum absolute atomic E-state index is 13.1. The topological polar surface area (TPSA) is 116 Å². The number of carbonyl (C=O) groups is 2. The van der Waals surface area contributed by atoms with Gasteiger partial charge in [-0.25, -0.2) is 5.43 Å². The Morgan fingerprint density at radius 3 is 2.50 bits per heavy atom. The molecule has 3 aromatic carbocycles. The van der Waals surface area contributed by atoms with Crippen LogP contribution < -0.4 is 20.0 Å². The average molecular weight is 521 g/mol. The number of halogens is 1. The minimum Gasteiger partial charge on any atom is -0.545 e. The highest BCUT2D eigenvalue weighted by atomic mass is 79.9. The van der Waals surface area contributed by atoms with Crippen molar-refractivity contribution >= 4 is 44.9 Å². The van der Waals surface area contributed by atoms with Crippen LogP contribution in [-0.4, -0.2) is 37.3 Å². The molecule has 4 aromatic rings. The summed E-state index contributed by atoms with van der Waals surface area (Å²) in [6, 6.07) is 18.2. The van der Waals surface area contributed by atoms with Crippen LogP contribution in [0.25, 0.3) is 22.0 Å². The summed E-state index contributed by atoms with van der Waals surface area (Å²) in [7, 11) is 2.72. The molecule has 1 amide bonds. The van der Waals surface area contributed by atoms with Crippen LogP contribution in [0.5, 0.6) is 11.5 Å². The molecule has 0 aliphatic rings. The number of fused-ring (bicyclic) bond motifs is 1. The molecule has 2 N–H and O–H groups in total. The summed E-state index contributed by atoms with van der Waals surface area (Å²) in [4.78, 5) is 28.0. The second-order valence-corrected chi connectivity index (χ2v) is 8.10. The molecule has 0 spiro atoms. The number of benzene rings is 3. The first kappa shape index (κ1) is 23.1. The predicted octanol–water partition coefficient (Wildman–Crippen LogP) is 3.74. The van der Waals surface area contributed by atoms with Gasteiger partial charge in [-0.3, -0.25) is 4.79 Å². The van der Waals surface area contributed by atoms with Crippen molar-refractivity contribution in [2.45, 2.75) is 0 Å². The van der Waals surface area contributed by atoms with Crippen LogP contribution in [0.15, 0.2) is 70.2 Å². The number of carboxylic acids is 1. The average Bonchev–Trinajstić information content (AvgIpc) is 3.22. The lowest BCUT2D eigenvalue weighted by molar-refractivity contribution is -0.255. The van der Waals surface area contributed by atoms with Gasteiger partial charge in [-0.1, -0.05) is 46.3 Å². The number of H-pyrrole nitrogens is 1. The number of carbonyl (C=O) groups excluding carboxylic acids is 2. The number of hydrogen-bond donors (Lipinski definition) is 2. The first-order valence-electron chi connectivity index (χ1n) is 10.1. The maximum Gasteiger partial charge on any atom is 0.288 e. The zero-order valence-electron chi connectivity index (χ0n) is 18.2. The number of aromatic amines is 1. The quantitative estimate of drug-likeness (QED) is 0.284. The van der Waals surface area contributed by atoms with Crippen LogP contribution in [0, 0.1) is 0 Å². The Hall–Kier alpha value is -4.11. The smallest absolute Gasteiger partial charge is 0.288 e. The summed E-state index contributed by atoms with van der Waals surface area (Å²) in [5, 5.41) is 16.6. The van der Waals surface area contributed by atoms with Gasteiger partial charge in [-0.05, 0) is 35.9 Å². The van der Waals surface area contributed by atoms with E-state index in [4.69, 9.17) is 9.47 Å². The Morgan fingerprint density at radius 2 is 1.82 bits per heavy atom. The Morgan fingerprint density at radius 1 is 1.06 bits per heavy atom. The number of aromatic nitrogens is 1. The van der Waals surface area contributed by atoms with E-state index in [1.807, 2.05) is 48.5 Å². The first-order chi connectivity index (χ1) is 16.4. The van der Waals surface area contributed by atoms with Gasteiger partial charge in [0.25, 0.3) is 5.91 Å². The molecule has 0 saturated carbocycles. The van der Waals surface area contributed by atoms with Crippen LogP contribution in [0.2, 0.25) is 0 Å². The van der Waals surface area contributed by atoms with E-state index in [2.05, 4.69) is 31.4 Å². The number of methoxy groups -OCH3 is 2. The van der Waals surface area contributed by atoms with Crippen molar-refractivity contribution in [3.8, 4) is 22.6 Å². The van der Waals surface area contributed by atoms with Gasteiger partial charge in [0.15, 0.2) is 11.5 Å². The molecule has 8 nitrogen and oxygen atoms in total. The zero-order chi connectivity index (χ0) is 24.2. The number of nitrogens with zero attached hydrogens (tertiary/aromatic N) is 1. The van der Waals surface area contributed by atoms with Gasteiger partial charge >= 0.3 is 0 Å². The van der Waals surface area contributed by atoms with E-state index in [-0.39, 0.29) is 22.6 Å². The monoisotopic (exact) mass is 520 g/mol. The van der Waals surface area contributed by atoms with Crippen LogP contribution in [0.3, 0.4) is 0 Å². The summed E-state index contributed by atoms with van der Waals surface area (Å²) in [5.41, 5.74) is 5.11. The molecule has 0 saturated heterocycles. The van der Waals surface area contributed by atoms with E-state index in [0.717, 1.165) is 26.5 Å². The van der Waals surface area contributed by atoms with Crippen LogP contribution >= 0.6 is 15.9 Å². The SMILES string of the molecule is COc1ccc(C=NNC(=O)c2[nH]c3ccc(Br)cc3c2-c2ccccc2)c(C(=O)[O-])c1OC. The van der Waals surface area contributed by atoms with Crippen molar-refractivity contribution < 1.29 is 24.2 Å². The lowest BCUT2D eigenvalue weighted by Gasteiger charge is -2.15. The lowest BCUT2D eigenvalue weighted by Crippen LogP contribution is -2.25. The Labute approximate surface area is 203 Å². The Bertz CT molecular complexity index is 1410. The molecule has 172 valence electrons. The molecular weight excluding hydrogens is 502 g/mol. The third-order valence-electron chi connectivity index (χ3n) is 5.20. The van der Waals surface area contributed by atoms with Gasteiger partial charge in [0, 0.05) is 26.5 Å². The van der Waals surface area contributed by atoms with E-state index in [0.29, 0.717) is 5.69 Å². The summed E-state index contributed by atoms with van der Waals surface area (Å²) in [6.45, 7) is 0. The lowest BCUT2D eigenvalue weighted by atomic mass is 10.0. The zero-order valence-corrected chi connectivity index (χ0v) is 19.8. The standard InChI is InChI=1S/C25H20BrN3O5/c1-33-19-11-8-15(21(25(31)32)23(19)34-2)13-27-29-24(30)22-20(14-6-4-3-5-7-14)17-12-16(26)9-10-18(17)28-22/h3-13,28H,1-2H3,(H,29,30)(H,31,32)/p-1. The molecule has 0 unspecified atom stereocenters. The third-order valence-corrected chi connectivity index (χ3v) is 5.70. The van der Waals surface area contributed by atoms with E-state index in [9.17, 15) is 14.7 Å². The number of carboxylic acid groups (broad SMARTS) is 1. The van der Waals surface area contributed by atoms with E-state index in [1.165, 1.54) is 32.6 Å². The molecular formula is C25H19BrN3O5-. The minimum atomic E-state index is -1.46. The van der Waals surface area contributed by atoms with Crippen molar-refractivity contribution in [3.05, 3.63) is 82.0 Å².